The monoisotopic (exact) mass is 141 g/mol. The molecule has 0 radical (unpaired) electrons. The van der Waals surface area contributed by atoms with E-state index in [0.29, 0.717) is 6.04 Å². The van der Waals surface area contributed by atoms with Gasteiger partial charge >= 0.3 is 0 Å². The van der Waals surface area contributed by atoms with Crippen molar-refractivity contribution in [3.63, 3.8) is 0 Å². The molecular weight excluding hydrogens is 126 g/mol. The highest BCUT2D eigenvalue weighted by Crippen LogP contribution is 2.33. The van der Waals surface area contributed by atoms with Crippen LogP contribution in [0.25, 0.3) is 0 Å². The summed E-state index contributed by atoms with van der Waals surface area (Å²) >= 11 is 0. The van der Waals surface area contributed by atoms with Gasteiger partial charge in [-0.05, 0) is 32.7 Å². The molecule has 0 unspecified atom stereocenters. The molecule has 58 valence electrons. The van der Waals surface area contributed by atoms with Crippen molar-refractivity contribution in [2.24, 2.45) is 0 Å². The third kappa shape index (κ3) is 0.789. The smallest absolute Gasteiger partial charge is 0.0696 e. The van der Waals surface area contributed by atoms with Gasteiger partial charge in [0.2, 0.25) is 0 Å². The van der Waals surface area contributed by atoms with Crippen LogP contribution < -0.4 is 0 Å². The van der Waals surface area contributed by atoms with Crippen molar-refractivity contribution in [1.82, 2.24) is 4.90 Å². The second kappa shape index (κ2) is 2.21. The van der Waals surface area contributed by atoms with E-state index in [1.807, 2.05) is 0 Å². The highest BCUT2D eigenvalue weighted by atomic mass is 16.3. The largest absolute Gasteiger partial charge is 0.391 e. The number of rotatable bonds is 0. The first-order valence-corrected chi connectivity index (χ1v) is 4.19. The van der Waals surface area contributed by atoms with Crippen LogP contribution in [0.3, 0.4) is 0 Å². The molecule has 2 bridgehead atoms. The lowest BCUT2D eigenvalue weighted by atomic mass is 10.0. The van der Waals surface area contributed by atoms with Crippen LogP contribution in [-0.2, 0) is 0 Å². The van der Waals surface area contributed by atoms with E-state index in [-0.39, 0.29) is 6.10 Å². The molecule has 2 heteroatoms. The molecule has 0 amide bonds. The van der Waals surface area contributed by atoms with Crippen molar-refractivity contribution in [2.75, 3.05) is 7.05 Å². The molecule has 0 aromatic carbocycles. The maximum absolute atomic E-state index is 9.52. The van der Waals surface area contributed by atoms with E-state index in [4.69, 9.17) is 0 Å². The molecular formula is C8H15NO. The van der Waals surface area contributed by atoms with Gasteiger partial charge < -0.3 is 5.11 Å². The Kier molecular flexibility index (Phi) is 1.46. The number of nitrogens with zero attached hydrogens (tertiary/aromatic N) is 1. The zero-order chi connectivity index (χ0) is 7.14. The molecule has 2 heterocycles. The fourth-order valence-corrected chi connectivity index (χ4v) is 2.41. The van der Waals surface area contributed by atoms with Gasteiger partial charge in [-0.3, -0.25) is 4.90 Å². The summed E-state index contributed by atoms with van der Waals surface area (Å²) in [5.74, 6) is 0. The Morgan fingerprint density at radius 2 is 1.90 bits per heavy atom. The number of likely N-dealkylation sites (N-methyl/N-ethyl adjacent to an activating group) is 1. The predicted molar refractivity (Wildman–Crippen MR) is 39.8 cm³/mol. The van der Waals surface area contributed by atoms with Crippen LogP contribution in [0, 0.1) is 0 Å². The summed E-state index contributed by atoms with van der Waals surface area (Å²) in [6.07, 6.45) is 4.71. The van der Waals surface area contributed by atoms with Crippen molar-refractivity contribution in [2.45, 2.75) is 43.9 Å². The van der Waals surface area contributed by atoms with Crippen molar-refractivity contribution >= 4 is 0 Å². The van der Waals surface area contributed by atoms with E-state index in [9.17, 15) is 5.11 Å². The van der Waals surface area contributed by atoms with Gasteiger partial charge in [-0.25, -0.2) is 0 Å². The molecule has 2 aliphatic rings. The molecule has 2 aliphatic heterocycles. The van der Waals surface area contributed by atoms with Gasteiger partial charge in [0.05, 0.1) is 6.10 Å². The summed E-state index contributed by atoms with van der Waals surface area (Å²) in [5, 5.41) is 9.52. The highest BCUT2D eigenvalue weighted by molar-refractivity contribution is 4.94. The second-order valence-corrected chi connectivity index (χ2v) is 3.61. The molecule has 0 saturated carbocycles. The van der Waals surface area contributed by atoms with Gasteiger partial charge in [-0.15, -0.1) is 0 Å². The molecule has 1 N–H and O–H groups in total. The van der Waals surface area contributed by atoms with Gasteiger partial charge in [0, 0.05) is 12.1 Å². The first kappa shape index (κ1) is 6.62. The van der Waals surface area contributed by atoms with Crippen LogP contribution in [0.15, 0.2) is 0 Å². The average molecular weight is 141 g/mol. The van der Waals surface area contributed by atoms with Gasteiger partial charge in [0.25, 0.3) is 0 Å². The Morgan fingerprint density at radius 3 is 2.60 bits per heavy atom. The summed E-state index contributed by atoms with van der Waals surface area (Å²) in [6, 6.07) is 1.27. The predicted octanol–water partition coefficient (Wildman–Crippen LogP) is 0.604. The summed E-state index contributed by atoms with van der Waals surface area (Å²) in [7, 11) is 2.14. The van der Waals surface area contributed by atoms with Crippen molar-refractivity contribution in [3.8, 4) is 0 Å². The quantitative estimate of drug-likeness (QED) is 0.534. The van der Waals surface area contributed by atoms with Gasteiger partial charge in [-0.2, -0.15) is 0 Å². The zero-order valence-corrected chi connectivity index (χ0v) is 6.45. The van der Waals surface area contributed by atoms with Crippen LogP contribution in [0.2, 0.25) is 0 Å². The number of fused-ring (bicyclic) bond motifs is 2. The molecule has 0 aromatic heterocycles. The zero-order valence-electron chi connectivity index (χ0n) is 6.45. The number of piperidine rings is 1. The SMILES string of the molecule is CN1[C@@H]2CC[C@@H](O)[C@H]1CC2. The van der Waals surface area contributed by atoms with Gasteiger partial charge in [-0.1, -0.05) is 0 Å². The molecule has 2 fully saturated rings. The summed E-state index contributed by atoms with van der Waals surface area (Å²) < 4.78 is 0. The van der Waals surface area contributed by atoms with E-state index in [1.165, 1.54) is 19.3 Å². The van der Waals surface area contributed by atoms with Crippen LogP contribution in [0.1, 0.15) is 25.7 Å². The molecule has 10 heavy (non-hydrogen) atoms. The minimum atomic E-state index is -0.0382. The number of aliphatic hydroxyl groups excluding tert-OH is 1. The Hall–Kier alpha value is -0.0800. The first-order chi connectivity index (χ1) is 4.79. The molecule has 3 atom stereocenters. The van der Waals surface area contributed by atoms with E-state index in [1.54, 1.807) is 0 Å². The highest BCUT2D eigenvalue weighted by Gasteiger charge is 2.38. The standard InChI is InChI=1S/C8H15NO/c1-9-6-2-4-7(9)8(10)5-3-6/h6-8,10H,2-5H2,1H3/t6-,7+,8+/m0/s1. The Morgan fingerprint density at radius 1 is 1.20 bits per heavy atom. The van der Waals surface area contributed by atoms with Crippen LogP contribution in [-0.4, -0.2) is 35.2 Å². The van der Waals surface area contributed by atoms with Crippen molar-refractivity contribution in [3.05, 3.63) is 0 Å². The molecule has 0 aliphatic carbocycles. The molecule has 2 nitrogen and oxygen atoms in total. The Balaban J connectivity index is 2.13. The third-order valence-electron chi connectivity index (χ3n) is 3.13. The molecule has 2 saturated heterocycles. The van der Waals surface area contributed by atoms with Crippen LogP contribution in [0.5, 0.6) is 0 Å². The van der Waals surface area contributed by atoms with E-state index >= 15 is 0 Å². The van der Waals surface area contributed by atoms with Crippen LogP contribution in [0.4, 0.5) is 0 Å². The Labute approximate surface area is 61.8 Å². The van der Waals surface area contributed by atoms with E-state index in [0.717, 1.165) is 12.5 Å². The van der Waals surface area contributed by atoms with Crippen molar-refractivity contribution in [1.29, 1.82) is 0 Å². The van der Waals surface area contributed by atoms with E-state index < -0.39 is 0 Å². The maximum Gasteiger partial charge on any atom is 0.0696 e. The minimum absolute atomic E-state index is 0.0382. The summed E-state index contributed by atoms with van der Waals surface area (Å²) in [5.41, 5.74) is 0. The Bertz CT molecular complexity index is 137. The lowest BCUT2D eigenvalue weighted by Gasteiger charge is -2.34. The lowest BCUT2D eigenvalue weighted by Crippen LogP contribution is -2.44. The molecule has 0 spiro atoms. The molecule has 0 aromatic rings. The topological polar surface area (TPSA) is 23.5 Å². The second-order valence-electron chi connectivity index (χ2n) is 3.61. The molecule has 2 rings (SSSR count). The summed E-state index contributed by atoms with van der Waals surface area (Å²) in [6.45, 7) is 0. The summed E-state index contributed by atoms with van der Waals surface area (Å²) in [4.78, 5) is 2.36. The fourth-order valence-electron chi connectivity index (χ4n) is 2.41. The number of aliphatic hydroxyl groups is 1. The fraction of sp³-hybridized carbons (Fsp3) is 1.00. The average Bonchev–Trinajstić information content (AvgIpc) is 2.13. The van der Waals surface area contributed by atoms with Gasteiger partial charge in [0.15, 0.2) is 0 Å². The normalized spacial score (nSPS) is 48.0. The van der Waals surface area contributed by atoms with Gasteiger partial charge in [0.1, 0.15) is 0 Å². The van der Waals surface area contributed by atoms with E-state index in [2.05, 4.69) is 11.9 Å². The lowest BCUT2D eigenvalue weighted by molar-refractivity contribution is 0.0294. The minimum Gasteiger partial charge on any atom is -0.391 e. The van der Waals surface area contributed by atoms with Crippen LogP contribution >= 0.6 is 0 Å². The maximum atomic E-state index is 9.52. The van der Waals surface area contributed by atoms with Crippen molar-refractivity contribution < 1.29 is 5.11 Å². The number of hydrogen-bond donors (Lipinski definition) is 1. The third-order valence-corrected chi connectivity index (χ3v) is 3.13. The first-order valence-electron chi connectivity index (χ1n) is 4.19. The number of hydrogen-bond acceptors (Lipinski definition) is 2.